The molecule has 1 heterocycles. The number of esters is 1. The van der Waals surface area contributed by atoms with Crippen LogP contribution in [0.5, 0.6) is 0 Å². The van der Waals surface area contributed by atoms with Crippen LogP contribution in [-0.2, 0) is 16.1 Å². The van der Waals surface area contributed by atoms with Crippen LogP contribution in [0.1, 0.15) is 23.0 Å². The zero-order valence-corrected chi connectivity index (χ0v) is 16.5. The fourth-order valence-electron chi connectivity index (χ4n) is 2.94. The molecule has 31 heavy (non-hydrogen) atoms. The van der Waals surface area contributed by atoms with Gasteiger partial charge in [-0.3, -0.25) is 19.7 Å². The Balaban J connectivity index is 1.72. The van der Waals surface area contributed by atoms with Crippen LogP contribution in [-0.4, -0.2) is 33.0 Å². The molecule has 10 nitrogen and oxygen atoms in total. The fraction of sp³-hybridized carbons (Fsp3) is 0.200. The van der Waals surface area contributed by atoms with E-state index in [1.54, 1.807) is 13.0 Å². The maximum Gasteiger partial charge on any atom is 0.338 e. The summed E-state index contributed by atoms with van der Waals surface area (Å²) < 4.78 is 20.2. The van der Waals surface area contributed by atoms with Gasteiger partial charge < -0.3 is 14.6 Å². The second-order valence-corrected chi connectivity index (χ2v) is 6.50. The Hall–Kier alpha value is -4.15. The molecule has 0 atom stereocenters. The van der Waals surface area contributed by atoms with Gasteiger partial charge in [-0.25, -0.2) is 14.2 Å². The Kier molecular flexibility index (Phi) is 6.05. The van der Waals surface area contributed by atoms with E-state index in [0.717, 1.165) is 18.2 Å². The number of fused-ring (bicyclic) bond motifs is 1. The number of carbonyl (C=O) groups excluding carboxylic acids is 2. The molecule has 0 bridgehead atoms. The summed E-state index contributed by atoms with van der Waals surface area (Å²) in [6, 6.07) is 7.10. The van der Waals surface area contributed by atoms with Gasteiger partial charge in [0.15, 0.2) is 6.61 Å². The molecule has 2 aromatic carbocycles. The van der Waals surface area contributed by atoms with Crippen molar-refractivity contribution in [3.8, 4) is 0 Å². The zero-order valence-electron chi connectivity index (χ0n) is 16.5. The molecule has 0 saturated carbocycles. The first-order chi connectivity index (χ1) is 14.7. The molecule has 1 amide bonds. The summed E-state index contributed by atoms with van der Waals surface area (Å²) in [4.78, 5) is 50.7. The Morgan fingerprint density at radius 2 is 2.00 bits per heavy atom. The lowest BCUT2D eigenvalue weighted by Gasteiger charge is -2.10. The quantitative estimate of drug-likeness (QED) is 0.362. The van der Waals surface area contributed by atoms with Crippen LogP contribution < -0.4 is 10.9 Å². The molecule has 1 aromatic heterocycles. The molecule has 0 aliphatic carbocycles. The normalized spacial score (nSPS) is 10.7. The van der Waals surface area contributed by atoms with Crippen molar-refractivity contribution in [2.45, 2.75) is 20.4 Å². The van der Waals surface area contributed by atoms with Gasteiger partial charge in [-0.1, -0.05) is 0 Å². The molecule has 3 aromatic rings. The number of aromatic nitrogens is 2. The van der Waals surface area contributed by atoms with E-state index in [-0.39, 0.29) is 16.8 Å². The number of amides is 1. The lowest BCUT2D eigenvalue weighted by molar-refractivity contribution is -0.384. The van der Waals surface area contributed by atoms with Gasteiger partial charge in [0.25, 0.3) is 17.2 Å². The highest BCUT2D eigenvalue weighted by atomic mass is 19.1. The van der Waals surface area contributed by atoms with Crippen molar-refractivity contribution >= 4 is 34.3 Å². The van der Waals surface area contributed by atoms with Gasteiger partial charge in [-0.15, -0.1) is 0 Å². The average molecular weight is 428 g/mol. The largest absolute Gasteiger partial charge is 0.452 e. The maximum atomic E-state index is 13.8. The van der Waals surface area contributed by atoms with Crippen molar-refractivity contribution in [1.82, 2.24) is 9.55 Å². The first-order valence-electron chi connectivity index (χ1n) is 9.13. The van der Waals surface area contributed by atoms with E-state index in [1.165, 1.54) is 16.7 Å². The van der Waals surface area contributed by atoms with Gasteiger partial charge in [0.2, 0.25) is 0 Å². The van der Waals surface area contributed by atoms with Gasteiger partial charge in [-0.05, 0) is 38.1 Å². The van der Waals surface area contributed by atoms with Crippen molar-refractivity contribution in [2.75, 3.05) is 11.9 Å². The molecule has 0 fully saturated rings. The number of halogens is 1. The summed E-state index contributed by atoms with van der Waals surface area (Å²) in [7, 11) is 0. The number of carbonyl (C=O) groups is 2. The number of hydrogen-bond acceptors (Lipinski definition) is 7. The third-order valence-electron chi connectivity index (χ3n) is 4.43. The Labute approximate surface area is 174 Å². The predicted octanol–water partition coefficient (Wildman–Crippen LogP) is 2.57. The smallest absolute Gasteiger partial charge is 0.338 e. The molecule has 0 aliphatic rings. The highest BCUT2D eigenvalue weighted by Crippen LogP contribution is 2.21. The average Bonchev–Trinajstić information content (AvgIpc) is 2.74. The van der Waals surface area contributed by atoms with E-state index >= 15 is 0 Å². The highest BCUT2D eigenvalue weighted by Gasteiger charge is 2.16. The second kappa shape index (κ2) is 8.69. The van der Waals surface area contributed by atoms with Crippen LogP contribution in [0.3, 0.4) is 0 Å². The van der Waals surface area contributed by atoms with E-state index in [4.69, 9.17) is 4.74 Å². The summed E-state index contributed by atoms with van der Waals surface area (Å²) >= 11 is 0. The standard InChI is InChI=1S/C20H17FN4O6/c1-3-24-17-7-4-12(8-16(17)22-11(2)19(24)27)20(28)31-10-18(26)23-15-9-13(25(29)30)5-6-14(15)21/h4-9H,3,10H2,1-2H3,(H,23,26). The third-order valence-corrected chi connectivity index (χ3v) is 4.43. The van der Waals surface area contributed by atoms with Crippen LogP contribution in [0.4, 0.5) is 15.8 Å². The van der Waals surface area contributed by atoms with Gasteiger partial charge in [0.1, 0.15) is 11.5 Å². The molecule has 0 saturated heterocycles. The number of non-ortho nitro benzene ring substituents is 1. The minimum atomic E-state index is -0.873. The number of nitro benzene ring substituents is 1. The number of nitro groups is 1. The number of nitrogens with zero attached hydrogens (tertiary/aromatic N) is 3. The van der Waals surface area contributed by atoms with Crippen molar-refractivity contribution in [1.29, 1.82) is 0 Å². The molecular weight excluding hydrogens is 411 g/mol. The van der Waals surface area contributed by atoms with Gasteiger partial charge in [-0.2, -0.15) is 0 Å². The number of rotatable bonds is 6. The maximum absolute atomic E-state index is 13.8. The van der Waals surface area contributed by atoms with Crippen LogP contribution in [0.2, 0.25) is 0 Å². The zero-order chi connectivity index (χ0) is 22.7. The molecule has 0 radical (unpaired) electrons. The van der Waals surface area contributed by atoms with Crippen molar-refractivity contribution in [2.24, 2.45) is 0 Å². The molecular formula is C20H17FN4O6. The summed E-state index contributed by atoms with van der Waals surface area (Å²) in [5, 5.41) is 12.9. The van der Waals surface area contributed by atoms with Crippen molar-refractivity contribution in [3.05, 3.63) is 73.9 Å². The van der Waals surface area contributed by atoms with Crippen molar-refractivity contribution in [3.63, 3.8) is 0 Å². The first-order valence-corrected chi connectivity index (χ1v) is 9.13. The Bertz CT molecular complexity index is 1270. The lowest BCUT2D eigenvalue weighted by Crippen LogP contribution is -2.24. The van der Waals surface area contributed by atoms with Crippen molar-refractivity contribution < 1.29 is 23.6 Å². The fourth-order valence-corrected chi connectivity index (χ4v) is 2.94. The Morgan fingerprint density at radius 1 is 1.26 bits per heavy atom. The van der Waals surface area contributed by atoms with E-state index in [0.29, 0.717) is 17.6 Å². The Morgan fingerprint density at radius 3 is 2.68 bits per heavy atom. The molecule has 0 spiro atoms. The number of anilines is 1. The number of ether oxygens (including phenoxy) is 1. The van der Waals surface area contributed by atoms with E-state index in [2.05, 4.69) is 10.3 Å². The van der Waals surface area contributed by atoms with E-state index in [9.17, 15) is 28.9 Å². The minimum absolute atomic E-state index is 0.107. The first kappa shape index (κ1) is 21.6. The summed E-state index contributed by atoms with van der Waals surface area (Å²) in [5.41, 5.74) is 0.310. The monoisotopic (exact) mass is 428 g/mol. The number of nitrogens with one attached hydrogen (secondary N) is 1. The summed E-state index contributed by atoms with van der Waals surface area (Å²) in [6.07, 6.45) is 0. The summed E-state index contributed by atoms with van der Waals surface area (Å²) in [6.45, 7) is 3.07. The van der Waals surface area contributed by atoms with Crippen LogP contribution in [0.25, 0.3) is 11.0 Å². The van der Waals surface area contributed by atoms with Gasteiger partial charge >= 0.3 is 5.97 Å². The lowest BCUT2D eigenvalue weighted by atomic mass is 10.2. The van der Waals surface area contributed by atoms with E-state index < -0.39 is 40.6 Å². The van der Waals surface area contributed by atoms with Crippen LogP contribution >= 0.6 is 0 Å². The number of aryl methyl sites for hydroxylation is 2. The molecule has 3 rings (SSSR count). The number of benzene rings is 2. The van der Waals surface area contributed by atoms with Crippen LogP contribution in [0, 0.1) is 22.9 Å². The molecule has 1 N–H and O–H groups in total. The SMILES string of the molecule is CCn1c(=O)c(C)nc2cc(C(=O)OCC(=O)Nc3cc([N+](=O)[O-])ccc3F)ccc21. The number of hydrogen-bond donors (Lipinski definition) is 1. The second-order valence-electron chi connectivity index (χ2n) is 6.50. The van der Waals surface area contributed by atoms with Gasteiger partial charge in [0.05, 0.1) is 27.2 Å². The van der Waals surface area contributed by atoms with E-state index in [1.807, 2.05) is 6.92 Å². The minimum Gasteiger partial charge on any atom is -0.452 e. The van der Waals surface area contributed by atoms with Crippen LogP contribution in [0.15, 0.2) is 41.2 Å². The molecule has 11 heteroatoms. The van der Waals surface area contributed by atoms with Gasteiger partial charge in [0, 0.05) is 18.7 Å². The third kappa shape index (κ3) is 4.55. The molecule has 0 unspecified atom stereocenters. The molecule has 0 aliphatic heterocycles. The highest BCUT2D eigenvalue weighted by molar-refractivity contribution is 5.97. The topological polar surface area (TPSA) is 133 Å². The molecule has 160 valence electrons. The summed E-state index contributed by atoms with van der Waals surface area (Å²) in [5.74, 6) is -2.57. The predicted molar refractivity (Wildman–Crippen MR) is 108 cm³/mol.